The van der Waals surface area contributed by atoms with Crippen molar-refractivity contribution in [2.45, 2.75) is 12.5 Å². The highest BCUT2D eigenvalue weighted by atomic mass is 32.2. The SMILES string of the molecule is CN(C/C(N)=N/O)C1CCSC1. The minimum Gasteiger partial charge on any atom is -0.409 e. The van der Waals surface area contributed by atoms with Crippen LogP contribution in [0.3, 0.4) is 0 Å². The Morgan fingerprint density at radius 1 is 1.83 bits per heavy atom. The van der Waals surface area contributed by atoms with Crippen LogP contribution in [0.4, 0.5) is 0 Å². The second-order valence-corrected chi connectivity index (χ2v) is 4.17. The molecule has 0 aromatic carbocycles. The van der Waals surface area contributed by atoms with Gasteiger partial charge in [-0.2, -0.15) is 11.8 Å². The van der Waals surface area contributed by atoms with Crippen molar-refractivity contribution >= 4 is 17.6 Å². The largest absolute Gasteiger partial charge is 0.409 e. The molecule has 1 heterocycles. The van der Waals surface area contributed by atoms with Gasteiger partial charge in [-0.25, -0.2) is 0 Å². The number of hydrogen-bond donors (Lipinski definition) is 2. The predicted octanol–water partition coefficient (Wildman–Crippen LogP) is 0.170. The first kappa shape index (κ1) is 9.67. The lowest BCUT2D eigenvalue weighted by Gasteiger charge is -2.22. The standard InChI is InChI=1S/C7H15N3OS/c1-10(4-7(8)9-11)6-2-3-12-5-6/h6,11H,2-5H2,1H3,(H2,8,9). The van der Waals surface area contributed by atoms with Crippen molar-refractivity contribution in [3.63, 3.8) is 0 Å². The van der Waals surface area contributed by atoms with Crippen LogP contribution in [0.25, 0.3) is 0 Å². The van der Waals surface area contributed by atoms with Gasteiger partial charge in [0.05, 0.1) is 6.54 Å². The quantitative estimate of drug-likeness (QED) is 0.287. The van der Waals surface area contributed by atoms with E-state index in [2.05, 4.69) is 10.1 Å². The van der Waals surface area contributed by atoms with Crippen LogP contribution in [-0.4, -0.2) is 47.1 Å². The Bertz CT molecular complexity index is 168. The molecule has 0 bridgehead atoms. The van der Waals surface area contributed by atoms with Gasteiger partial charge < -0.3 is 10.9 Å². The number of hydrogen-bond acceptors (Lipinski definition) is 4. The summed E-state index contributed by atoms with van der Waals surface area (Å²) in [5.41, 5.74) is 5.39. The van der Waals surface area contributed by atoms with E-state index in [0.717, 1.165) is 5.75 Å². The molecule has 12 heavy (non-hydrogen) atoms. The summed E-state index contributed by atoms with van der Waals surface area (Å²) in [5, 5.41) is 11.3. The van der Waals surface area contributed by atoms with E-state index in [1.165, 1.54) is 12.2 Å². The van der Waals surface area contributed by atoms with Crippen LogP contribution >= 0.6 is 11.8 Å². The number of amidine groups is 1. The molecule has 0 aliphatic carbocycles. The van der Waals surface area contributed by atoms with Crippen molar-refractivity contribution in [2.75, 3.05) is 25.1 Å². The average molecular weight is 189 g/mol. The Morgan fingerprint density at radius 3 is 3.08 bits per heavy atom. The summed E-state index contributed by atoms with van der Waals surface area (Å²) in [5.74, 6) is 2.68. The van der Waals surface area contributed by atoms with Gasteiger partial charge in [0.15, 0.2) is 5.84 Å². The van der Waals surface area contributed by atoms with Crippen LogP contribution < -0.4 is 5.73 Å². The maximum absolute atomic E-state index is 8.36. The second kappa shape index (κ2) is 4.57. The summed E-state index contributed by atoms with van der Waals surface area (Å²) in [4.78, 5) is 2.13. The monoisotopic (exact) mass is 189 g/mol. The highest BCUT2D eigenvalue weighted by molar-refractivity contribution is 7.99. The summed E-state index contributed by atoms with van der Waals surface area (Å²) in [6, 6.07) is 0.593. The molecule has 0 saturated carbocycles. The van der Waals surface area contributed by atoms with Gasteiger partial charge in [-0.05, 0) is 19.2 Å². The molecule has 5 heteroatoms. The Hall–Kier alpha value is -0.420. The van der Waals surface area contributed by atoms with Crippen LogP contribution in [0.5, 0.6) is 0 Å². The Labute approximate surface area is 76.8 Å². The molecule has 0 spiro atoms. The third-order valence-corrected chi connectivity index (χ3v) is 3.21. The second-order valence-electron chi connectivity index (χ2n) is 3.02. The van der Waals surface area contributed by atoms with Crippen LogP contribution in [-0.2, 0) is 0 Å². The minimum absolute atomic E-state index is 0.286. The van der Waals surface area contributed by atoms with Crippen molar-refractivity contribution < 1.29 is 5.21 Å². The van der Waals surface area contributed by atoms with Crippen LogP contribution in [0, 0.1) is 0 Å². The van der Waals surface area contributed by atoms with Crippen molar-refractivity contribution in [3.05, 3.63) is 0 Å². The summed E-state index contributed by atoms with van der Waals surface area (Å²) in [6.45, 7) is 0.557. The van der Waals surface area contributed by atoms with Gasteiger partial charge >= 0.3 is 0 Å². The third kappa shape index (κ3) is 2.57. The summed E-state index contributed by atoms with van der Waals surface area (Å²) in [6.07, 6.45) is 1.21. The lowest BCUT2D eigenvalue weighted by Crippen LogP contribution is -2.38. The van der Waals surface area contributed by atoms with Gasteiger partial charge in [0.25, 0.3) is 0 Å². The van der Waals surface area contributed by atoms with Crippen molar-refractivity contribution in [1.82, 2.24) is 4.90 Å². The highest BCUT2D eigenvalue weighted by Crippen LogP contribution is 2.20. The molecule has 0 radical (unpaired) electrons. The van der Waals surface area contributed by atoms with E-state index in [9.17, 15) is 0 Å². The van der Waals surface area contributed by atoms with Crippen LogP contribution in [0.15, 0.2) is 5.16 Å². The molecular weight excluding hydrogens is 174 g/mol. The van der Waals surface area contributed by atoms with Gasteiger partial charge in [-0.15, -0.1) is 0 Å². The fourth-order valence-corrected chi connectivity index (χ4v) is 2.58. The number of oxime groups is 1. The minimum atomic E-state index is 0.286. The molecule has 4 nitrogen and oxygen atoms in total. The highest BCUT2D eigenvalue weighted by Gasteiger charge is 2.20. The zero-order valence-electron chi connectivity index (χ0n) is 7.23. The van der Waals surface area contributed by atoms with E-state index < -0.39 is 0 Å². The summed E-state index contributed by atoms with van der Waals surface area (Å²) in [7, 11) is 2.01. The summed E-state index contributed by atoms with van der Waals surface area (Å²) >= 11 is 1.96. The van der Waals surface area contributed by atoms with Crippen molar-refractivity contribution in [2.24, 2.45) is 10.9 Å². The van der Waals surface area contributed by atoms with E-state index in [0.29, 0.717) is 12.6 Å². The summed E-state index contributed by atoms with van der Waals surface area (Å²) < 4.78 is 0. The van der Waals surface area contributed by atoms with Gasteiger partial charge in [-0.3, -0.25) is 4.90 Å². The predicted molar refractivity (Wildman–Crippen MR) is 51.8 cm³/mol. The van der Waals surface area contributed by atoms with E-state index in [1.54, 1.807) is 0 Å². The van der Waals surface area contributed by atoms with Gasteiger partial charge in [0.2, 0.25) is 0 Å². The molecule has 1 unspecified atom stereocenters. The molecule has 0 amide bonds. The van der Waals surface area contributed by atoms with Gasteiger partial charge in [0, 0.05) is 11.8 Å². The molecule has 1 aliphatic heterocycles. The Balaban J connectivity index is 2.31. The fourth-order valence-electron chi connectivity index (χ4n) is 1.29. The molecule has 1 fully saturated rings. The molecular formula is C7H15N3OS. The third-order valence-electron chi connectivity index (χ3n) is 2.07. The molecule has 1 atom stereocenters. The first-order valence-corrected chi connectivity index (χ1v) is 5.14. The average Bonchev–Trinajstić information content (AvgIpc) is 2.56. The van der Waals surface area contributed by atoms with Gasteiger partial charge in [-0.1, -0.05) is 5.16 Å². The Kier molecular flexibility index (Phi) is 3.68. The number of thioether (sulfide) groups is 1. The molecule has 0 aromatic heterocycles. The number of nitrogens with zero attached hydrogens (tertiary/aromatic N) is 2. The maximum Gasteiger partial charge on any atom is 0.153 e. The molecule has 70 valence electrons. The molecule has 0 aromatic rings. The Morgan fingerprint density at radius 2 is 2.58 bits per heavy atom. The molecule has 1 saturated heterocycles. The zero-order chi connectivity index (χ0) is 8.97. The molecule has 3 N–H and O–H groups in total. The smallest absolute Gasteiger partial charge is 0.153 e. The molecule has 1 rings (SSSR count). The van der Waals surface area contributed by atoms with Crippen molar-refractivity contribution in [3.8, 4) is 0 Å². The zero-order valence-corrected chi connectivity index (χ0v) is 8.05. The normalized spacial score (nSPS) is 25.2. The number of likely N-dealkylation sites (N-methyl/N-ethyl adjacent to an activating group) is 1. The first-order chi connectivity index (χ1) is 5.74. The van der Waals surface area contributed by atoms with Crippen molar-refractivity contribution in [1.29, 1.82) is 0 Å². The number of nitrogens with two attached hydrogens (primary N) is 1. The van der Waals surface area contributed by atoms with Crippen LogP contribution in [0.2, 0.25) is 0 Å². The van der Waals surface area contributed by atoms with E-state index in [1.807, 2.05) is 18.8 Å². The van der Waals surface area contributed by atoms with E-state index in [-0.39, 0.29) is 5.84 Å². The van der Waals surface area contributed by atoms with Crippen LogP contribution in [0.1, 0.15) is 6.42 Å². The fraction of sp³-hybridized carbons (Fsp3) is 0.857. The van der Waals surface area contributed by atoms with E-state index >= 15 is 0 Å². The topological polar surface area (TPSA) is 61.8 Å². The number of rotatable bonds is 3. The maximum atomic E-state index is 8.36. The lowest BCUT2D eigenvalue weighted by molar-refractivity contribution is 0.283. The lowest BCUT2D eigenvalue weighted by atomic mass is 10.2. The first-order valence-electron chi connectivity index (χ1n) is 3.98. The van der Waals surface area contributed by atoms with Gasteiger partial charge in [0.1, 0.15) is 0 Å². The molecule has 1 aliphatic rings. The van der Waals surface area contributed by atoms with E-state index in [4.69, 9.17) is 10.9 Å².